The molecule has 0 aliphatic heterocycles. The van der Waals surface area contributed by atoms with Crippen LogP contribution in [0.5, 0.6) is 5.75 Å². The van der Waals surface area contributed by atoms with Crippen LogP contribution in [0.1, 0.15) is 20.8 Å². The van der Waals surface area contributed by atoms with Crippen molar-refractivity contribution in [3.05, 3.63) is 50.7 Å². The summed E-state index contributed by atoms with van der Waals surface area (Å²) < 4.78 is 0. The zero-order valence-corrected chi connectivity index (χ0v) is 12.0. The van der Waals surface area contributed by atoms with Crippen LogP contribution in [0.15, 0.2) is 29.6 Å². The van der Waals surface area contributed by atoms with Gasteiger partial charge in [-0.1, -0.05) is 23.7 Å². The van der Waals surface area contributed by atoms with E-state index in [1.54, 1.807) is 12.1 Å². The van der Waals surface area contributed by atoms with Crippen molar-refractivity contribution in [1.82, 2.24) is 5.32 Å². The van der Waals surface area contributed by atoms with Gasteiger partial charge in [0.25, 0.3) is 5.91 Å². The van der Waals surface area contributed by atoms with Gasteiger partial charge in [0, 0.05) is 6.54 Å². The molecule has 100 valence electrons. The number of rotatable bonds is 4. The first kappa shape index (κ1) is 13.9. The van der Waals surface area contributed by atoms with Crippen molar-refractivity contribution < 1.29 is 9.90 Å². The summed E-state index contributed by atoms with van der Waals surface area (Å²) in [6, 6.07) is 6.95. The smallest absolute Gasteiger partial charge is 0.262 e. The summed E-state index contributed by atoms with van der Waals surface area (Å²) in [5.41, 5.74) is 1.99. The van der Waals surface area contributed by atoms with Crippen LogP contribution in [-0.4, -0.2) is 17.6 Å². The molecule has 0 unspecified atom stereocenters. The fraction of sp³-hybridized carbons (Fsp3) is 0.214. The number of nitrogens with one attached hydrogen (secondary N) is 1. The van der Waals surface area contributed by atoms with Crippen LogP contribution in [0.25, 0.3) is 0 Å². The summed E-state index contributed by atoms with van der Waals surface area (Å²) >= 11 is 7.39. The molecule has 19 heavy (non-hydrogen) atoms. The van der Waals surface area contributed by atoms with Gasteiger partial charge in [-0.05, 0) is 42.0 Å². The predicted octanol–water partition coefficient (Wildman–Crippen LogP) is 3.39. The second kappa shape index (κ2) is 6.08. The number of carbonyl (C=O) groups is 1. The Morgan fingerprint density at radius 2 is 2.05 bits per heavy atom. The van der Waals surface area contributed by atoms with Gasteiger partial charge < -0.3 is 10.4 Å². The monoisotopic (exact) mass is 295 g/mol. The molecule has 1 aromatic carbocycles. The number of benzene rings is 1. The second-order valence-corrected chi connectivity index (χ2v) is 5.49. The highest BCUT2D eigenvalue weighted by Gasteiger charge is 2.13. The van der Waals surface area contributed by atoms with E-state index in [0.717, 1.165) is 11.1 Å². The highest BCUT2D eigenvalue weighted by atomic mass is 35.5. The second-order valence-electron chi connectivity index (χ2n) is 4.23. The molecule has 0 spiro atoms. The molecule has 2 rings (SSSR count). The van der Waals surface area contributed by atoms with Crippen molar-refractivity contribution in [3.8, 4) is 5.75 Å². The molecule has 2 aromatic rings. The average molecular weight is 296 g/mol. The third-order valence-corrected chi connectivity index (χ3v) is 4.44. The number of thiophene rings is 1. The van der Waals surface area contributed by atoms with Gasteiger partial charge in [0.15, 0.2) is 0 Å². The van der Waals surface area contributed by atoms with Crippen molar-refractivity contribution in [1.29, 1.82) is 0 Å². The molecule has 1 amide bonds. The number of aromatic hydroxyl groups is 1. The highest BCUT2D eigenvalue weighted by molar-refractivity contribution is 7.13. The third kappa shape index (κ3) is 3.49. The van der Waals surface area contributed by atoms with Crippen molar-refractivity contribution >= 4 is 28.8 Å². The molecule has 0 saturated carbocycles. The van der Waals surface area contributed by atoms with Gasteiger partial charge in [0.05, 0.1) is 5.02 Å². The minimum Gasteiger partial charge on any atom is -0.508 e. The van der Waals surface area contributed by atoms with Gasteiger partial charge in [0.1, 0.15) is 10.6 Å². The highest BCUT2D eigenvalue weighted by Crippen LogP contribution is 2.26. The van der Waals surface area contributed by atoms with E-state index in [0.29, 0.717) is 22.9 Å². The maximum atomic E-state index is 11.9. The minimum atomic E-state index is -0.137. The lowest BCUT2D eigenvalue weighted by atomic mass is 10.1. The summed E-state index contributed by atoms with van der Waals surface area (Å²) in [6.07, 6.45) is 0.716. The van der Waals surface area contributed by atoms with E-state index in [4.69, 9.17) is 16.7 Å². The molecule has 0 bridgehead atoms. The van der Waals surface area contributed by atoms with Gasteiger partial charge in [0.2, 0.25) is 0 Å². The largest absolute Gasteiger partial charge is 0.508 e. The summed E-state index contributed by atoms with van der Waals surface area (Å²) in [6.45, 7) is 2.42. The van der Waals surface area contributed by atoms with Crippen molar-refractivity contribution in [2.45, 2.75) is 13.3 Å². The molecular formula is C14H14ClNO2S. The maximum Gasteiger partial charge on any atom is 0.262 e. The number of aryl methyl sites for hydroxylation is 1. The SMILES string of the molecule is Cc1csc(C(=O)NCCc2ccc(O)cc2)c1Cl. The Labute approximate surface area is 120 Å². The first-order valence-corrected chi connectivity index (χ1v) is 7.13. The van der Waals surface area contributed by atoms with E-state index >= 15 is 0 Å². The van der Waals surface area contributed by atoms with Gasteiger partial charge in [-0.25, -0.2) is 0 Å². The number of carbonyl (C=O) groups excluding carboxylic acids is 1. The van der Waals surface area contributed by atoms with Crippen molar-refractivity contribution in [3.63, 3.8) is 0 Å². The molecule has 1 heterocycles. The van der Waals surface area contributed by atoms with E-state index in [1.165, 1.54) is 11.3 Å². The Morgan fingerprint density at radius 3 is 2.63 bits per heavy atom. The zero-order valence-electron chi connectivity index (χ0n) is 10.4. The standard InChI is InChI=1S/C14H14ClNO2S/c1-9-8-19-13(12(9)15)14(18)16-7-6-10-2-4-11(17)5-3-10/h2-5,8,17H,6-7H2,1H3,(H,16,18). The minimum absolute atomic E-state index is 0.137. The van der Waals surface area contributed by atoms with Crippen molar-refractivity contribution in [2.24, 2.45) is 0 Å². The van der Waals surface area contributed by atoms with Crippen LogP contribution in [0.2, 0.25) is 5.02 Å². The molecule has 0 atom stereocenters. The molecule has 5 heteroatoms. The number of amides is 1. The lowest BCUT2D eigenvalue weighted by Crippen LogP contribution is -2.25. The first-order chi connectivity index (χ1) is 9.08. The average Bonchev–Trinajstić information content (AvgIpc) is 2.72. The third-order valence-electron chi connectivity index (χ3n) is 2.74. The number of hydrogen-bond donors (Lipinski definition) is 2. The summed E-state index contributed by atoms with van der Waals surface area (Å²) in [4.78, 5) is 12.5. The topological polar surface area (TPSA) is 49.3 Å². The lowest BCUT2D eigenvalue weighted by molar-refractivity contribution is 0.0958. The van der Waals surface area contributed by atoms with E-state index in [2.05, 4.69) is 5.32 Å². The van der Waals surface area contributed by atoms with Crippen LogP contribution < -0.4 is 5.32 Å². The number of hydrogen-bond acceptors (Lipinski definition) is 3. The van der Waals surface area contributed by atoms with Gasteiger partial charge >= 0.3 is 0 Å². The van der Waals surface area contributed by atoms with Crippen LogP contribution in [0.3, 0.4) is 0 Å². The van der Waals surface area contributed by atoms with Crippen LogP contribution >= 0.6 is 22.9 Å². The molecule has 0 aliphatic carbocycles. The predicted molar refractivity (Wildman–Crippen MR) is 78.2 cm³/mol. The molecule has 0 fully saturated rings. The van der Waals surface area contributed by atoms with Crippen LogP contribution in [0.4, 0.5) is 0 Å². The number of phenols is 1. The Kier molecular flexibility index (Phi) is 4.45. The molecule has 3 nitrogen and oxygen atoms in total. The number of halogens is 1. The lowest BCUT2D eigenvalue weighted by Gasteiger charge is -2.04. The normalized spacial score (nSPS) is 10.4. The van der Waals surface area contributed by atoms with Crippen LogP contribution in [-0.2, 0) is 6.42 Å². The van der Waals surface area contributed by atoms with Gasteiger partial charge in [-0.3, -0.25) is 4.79 Å². The quantitative estimate of drug-likeness (QED) is 0.908. The summed E-state index contributed by atoms with van der Waals surface area (Å²) in [5, 5.41) is 14.4. The van der Waals surface area contributed by atoms with E-state index < -0.39 is 0 Å². The Hall–Kier alpha value is -1.52. The molecule has 0 saturated heterocycles. The summed E-state index contributed by atoms with van der Waals surface area (Å²) in [5.74, 6) is 0.107. The molecule has 1 aromatic heterocycles. The van der Waals surface area contributed by atoms with E-state index in [1.807, 2.05) is 24.4 Å². The fourth-order valence-electron chi connectivity index (χ4n) is 1.65. The molecule has 0 aliphatic rings. The molecule has 2 N–H and O–H groups in total. The van der Waals surface area contributed by atoms with Gasteiger partial charge in [-0.15, -0.1) is 11.3 Å². The van der Waals surface area contributed by atoms with Gasteiger partial charge in [-0.2, -0.15) is 0 Å². The van der Waals surface area contributed by atoms with Crippen molar-refractivity contribution in [2.75, 3.05) is 6.54 Å². The Bertz CT molecular complexity index is 578. The van der Waals surface area contributed by atoms with E-state index in [9.17, 15) is 4.79 Å². The zero-order chi connectivity index (χ0) is 13.8. The van der Waals surface area contributed by atoms with E-state index in [-0.39, 0.29) is 11.7 Å². The molecular weight excluding hydrogens is 282 g/mol. The Morgan fingerprint density at radius 1 is 1.37 bits per heavy atom. The Balaban J connectivity index is 1.87. The van der Waals surface area contributed by atoms with Crippen LogP contribution in [0, 0.1) is 6.92 Å². The summed E-state index contributed by atoms with van der Waals surface area (Å²) in [7, 11) is 0. The first-order valence-electron chi connectivity index (χ1n) is 5.87. The fourth-order valence-corrected chi connectivity index (χ4v) is 2.84. The molecule has 0 radical (unpaired) electrons. The number of phenolic OH excluding ortho intramolecular Hbond substituents is 1. The maximum absolute atomic E-state index is 11.9.